The molecule has 1 aliphatic heterocycles. The number of hydrogen-bond donors (Lipinski definition) is 5. The molecule has 10 heteroatoms. The number of hydrogen-bond acceptors (Lipinski definition) is 9. The van der Waals surface area contributed by atoms with Crippen molar-refractivity contribution in [2.45, 2.75) is 69.0 Å². The molecule has 3 aliphatic rings. The number of phenols is 2. The molecule has 2 aliphatic carbocycles. The third-order valence-corrected chi connectivity index (χ3v) is 7.78. The lowest BCUT2D eigenvalue weighted by atomic mass is 9.66. The average molecular weight is 500 g/mol. The van der Waals surface area contributed by atoms with Crippen LogP contribution in [0.3, 0.4) is 0 Å². The highest BCUT2D eigenvalue weighted by atomic mass is 16.5. The van der Waals surface area contributed by atoms with Gasteiger partial charge >= 0.3 is 0 Å². The standard InChI is InChI=1S/C26H27NO8.H2O/c1-10-21(29)16(27)7-17(35-10)14-8-26(34,11(2)28)9-15-18(14)25(33)20-19(24(15)32)22(30)12-5-3-4-6-13(12)23(20)31;/h3-6,10,14,16-17,21,29,32-34H,7-9,27H2,1-2H3;1H2/t10-,14-,16+,17-,21+,26+;/m1./s1. The highest BCUT2D eigenvalue weighted by Crippen LogP contribution is 2.53. The third kappa shape index (κ3) is 3.56. The Morgan fingerprint density at radius 1 is 1.08 bits per heavy atom. The largest absolute Gasteiger partial charge is 0.507 e. The van der Waals surface area contributed by atoms with Crippen molar-refractivity contribution in [3.8, 4) is 11.5 Å². The summed E-state index contributed by atoms with van der Waals surface area (Å²) >= 11 is 0. The molecule has 6 atom stereocenters. The maximum absolute atomic E-state index is 13.4. The predicted molar refractivity (Wildman–Crippen MR) is 126 cm³/mol. The molecule has 0 bridgehead atoms. The van der Waals surface area contributed by atoms with Crippen molar-refractivity contribution < 1.29 is 45.0 Å². The number of carbonyl (C=O) groups excluding carboxylic acids is 3. The van der Waals surface area contributed by atoms with Crippen LogP contribution in [-0.4, -0.2) is 73.2 Å². The molecule has 2 aromatic carbocycles. The van der Waals surface area contributed by atoms with E-state index in [1.54, 1.807) is 19.1 Å². The van der Waals surface area contributed by atoms with Gasteiger partial charge in [-0.05, 0) is 26.7 Å². The topological polar surface area (TPSA) is 199 Å². The summed E-state index contributed by atoms with van der Waals surface area (Å²) in [5, 5.41) is 44.2. The molecule has 1 heterocycles. The number of ether oxygens (including phenoxy) is 1. The molecule has 10 nitrogen and oxygen atoms in total. The van der Waals surface area contributed by atoms with Crippen LogP contribution in [0.15, 0.2) is 24.3 Å². The van der Waals surface area contributed by atoms with E-state index in [1.807, 2.05) is 0 Å². The van der Waals surface area contributed by atoms with Crippen LogP contribution < -0.4 is 5.73 Å². The van der Waals surface area contributed by atoms with Gasteiger partial charge in [0, 0.05) is 40.6 Å². The summed E-state index contributed by atoms with van der Waals surface area (Å²) in [6.45, 7) is 2.86. The van der Waals surface area contributed by atoms with Gasteiger partial charge in [0.2, 0.25) is 0 Å². The number of Topliss-reactive ketones (excluding diaryl/α,β-unsaturated/α-hetero) is 1. The third-order valence-electron chi connectivity index (χ3n) is 7.78. The molecule has 1 fully saturated rings. The lowest BCUT2D eigenvalue weighted by Crippen LogP contribution is -2.54. The van der Waals surface area contributed by atoms with Crippen LogP contribution in [0, 0.1) is 0 Å². The van der Waals surface area contributed by atoms with Crippen LogP contribution in [0.25, 0.3) is 0 Å². The van der Waals surface area contributed by atoms with Gasteiger partial charge in [-0.2, -0.15) is 0 Å². The van der Waals surface area contributed by atoms with Gasteiger partial charge in [-0.15, -0.1) is 0 Å². The minimum Gasteiger partial charge on any atom is -0.507 e. The SMILES string of the molecule is CC(=O)[C@@]1(O)Cc2c(O)c3c(c(O)c2[C@@H]([C@H]2C[C@H](N)[C@@H](O)[C@@H](C)O2)C1)C(=O)c1ccccc1C3=O.O. The normalized spacial score (nSPS) is 31.1. The number of nitrogens with two attached hydrogens (primary N) is 1. The highest BCUT2D eigenvalue weighted by molar-refractivity contribution is 6.30. The van der Waals surface area contributed by atoms with E-state index in [9.17, 15) is 34.8 Å². The van der Waals surface area contributed by atoms with Crippen LogP contribution in [0.1, 0.15) is 75.6 Å². The van der Waals surface area contributed by atoms with Gasteiger partial charge in [-0.25, -0.2) is 0 Å². The van der Waals surface area contributed by atoms with Crippen LogP contribution in [0.5, 0.6) is 11.5 Å². The monoisotopic (exact) mass is 499 g/mol. The van der Waals surface area contributed by atoms with E-state index in [0.29, 0.717) is 0 Å². The van der Waals surface area contributed by atoms with Gasteiger partial charge in [0.25, 0.3) is 0 Å². The summed E-state index contributed by atoms with van der Waals surface area (Å²) in [5.74, 6) is -3.66. The van der Waals surface area contributed by atoms with E-state index in [4.69, 9.17) is 10.5 Å². The van der Waals surface area contributed by atoms with E-state index in [-0.39, 0.29) is 58.1 Å². The first kappa shape index (κ1) is 25.9. The maximum atomic E-state index is 13.4. The maximum Gasteiger partial charge on any atom is 0.198 e. The van der Waals surface area contributed by atoms with Crippen molar-refractivity contribution in [2.75, 3.05) is 0 Å². The van der Waals surface area contributed by atoms with Crippen molar-refractivity contribution in [3.05, 3.63) is 57.6 Å². The zero-order chi connectivity index (χ0) is 25.4. The Labute approximate surface area is 206 Å². The van der Waals surface area contributed by atoms with Crippen molar-refractivity contribution in [1.82, 2.24) is 0 Å². The van der Waals surface area contributed by atoms with E-state index in [2.05, 4.69) is 0 Å². The van der Waals surface area contributed by atoms with Gasteiger partial charge in [0.15, 0.2) is 17.3 Å². The number of rotatable bonds is 2. The number of benzene rings is 2. The van der Waals surface area contributed by atoms with Crippen LogP contribution in [-0.2, 0) is 16.0 Å². The fraction of sp³-hybridized carbons (Fsp3) is 0.423. The Kier molecular flexibility index (Phi) is 6.30. The van der Waals surface area contributed by atoms with Gasteiger partial charge in [-0.3, -0.25) is 14.4 Å². The molecule has 0 radical (unpaired) electrons. The van der Waals surface area contributed by atoms with Crippen molar-refractivity contribution in [3.63, 3.8) is 0 Å². The first-order valence-corrected chi connectivity index (χ1v) is 11.6. The summed E-state index contributed by atoms with van der Waals surface area (Å²) in [6, 6.07) is 5.47. The summed E-state index contributed by atoms with van der Waals surface area (Å²) < 4.78 is 5.98. The van der Waals surface area contributed by atoms with E-state index in [1.165, 1.54) is 19.1 Å². The zero-order valence-electron chi connectivity index (χ0n) is 19.8. The Hall–Kier alpha value is -3.15. The minimum absolute atomic E-state index is 0. The number of fused-ring (bicyclic) bond motifs is 3. The Morgan fingerprint density at radius 3 is 2.17 bits per heavy atom. The number of ketones is 3. The lowest BCUT2D eigenvalue weighted by molar-refractivity contribution is -0.146. The molecule has 5 rings (SSSR count). The highest BCUT2D eigenvalue weighted by Gasteiger charge is 2.51. The summed E-state index contributed by atoms with van der Waals surface area (Å²) in [6.07, 6.45) is -2.68. The van der Waals surface area contributed by atoms with Crippen LogP contribution >= 0.6 is 0 Å². The second-order valence-corrected chi connectivity index (χ2v) is 9.89. The van der Waals surface area contributed by atoms with Gasteiger partial charge < -0.3 is 36.4 Å². The minimum atomic E-state index is -1.90. The second-order valence-electron chi connectivity index (χ2n) is 9.89. The number of phenolic OH excluding ortho intramolecular Hbond substituents is 2. The molecule has 0 unspecified atom stereocenters. The quantitative estimate of drug-likeness (QED) is 0.307. The summed E-state index contributed by atoms with van der Waals surface area (Å²) in [4.78, 5) is 39.1. The molecule has 0 aromatic heterocycles. The summed E-state index contributed by atoms with van der Waals surface area (Å²) in [5.41, 5.74) is 3.93. The Morgan fingerprint density at radius 2 is 1.64 bits per heavy atom. The molecule has 8 N–H and O–H groups in total. The number of aliphatic hydroxyl groups is 2. The first-order valence-electron chi connectivity index (χ1n) is 11.6. The molecule has 1 saturated heterocycles. The second kappa shape index (κ2) is 8.75. The predicted octanol–water partition coefficient (Wildman–Crippen LogP) is 0.264. The number of aromatic hydroxyl groups is 2. The molecule has 192 valence electrons. The molecular formula is C26H29NO9. The van der Waals surface area contributed by atoms with Gasteiger partial charge in [0.05, 0.1) is 29.4 Å². The number of aliphatic hydroxyl groups excluding tert-OH is 1. The van der Waals surface area contributed by atoms with Crippen molar-refractivity contribution in [2.24, 2.45) is 5.73 Å². The Balaban J connectivity index is 0.00000304. The van der Waals surface area contributed by atoms with E-state index in [0.717, 1.165) is 0 Å². The first-order chi connectivity index (χ1) is 16.5. The van der Waals surface area contributed by atoms with Crippen molar-refractivity contribution >= 4 is 17.3 Å². The fourth-order valence-corrected chi connectivity index (χ4v) is 5.80. The van der Waals surface area contributed by atoms with Crippen LogP contribution in [0.4, 0.5) is 0 Å². The molecular weight excluding hydrogens is 470 g/mol. The van der Waals surface area contributed by atoms with E-state index < -0.39 is 64.7 Å². The van der Waals surface area contributed by atoms with Crippen molar-refractivity contribution in [1.29, 1.82) is 0 Å². The number of carbonyl (C=O) groups is 3. The van der Waals surface area contributed by atoms with Gasteiger partial charge in [0.1, 0.15) is 17.1 Å². The van der Waals surface area contributed by atoms with Gasteiger partial charge in [-0.1, -0.05) is 24.3 Å². The lowest BCUT2D eigenvalue weighted by Gasteiger charge is -2.45. The smallest absolute Gasteiger partial charge is 0.198 e. The molecule has 0 saturated carbocycles. The van der Waals surface area contributed by atoms with E-state index >= 15 is 0 Å². The molecule has 0 amide bonds. The van der Waals surface area contributed by atoms with Crippen LogP contribution in [0.2, 0.25) is 0 Å². The molecule has 2 aromatic rings. The average Bonchev–Trinajstić information content (AvgIpc) is 2.82. The summed E-state index contributed by atoms with van der Waals surface area (Å²) in [7, 11) is 0. The molecule has 0 spiro atoms. The molecule has 36 heavy (non-hydrogen) atoms. The zero-order valence-corrected chi connectivity index (χ0v) is 19.8. The Bertz CT molecular complexity index is 1280. The fourth-order valence-electron chi connectivity index (χ4n) is 5.80.